The van der Waals surface area contributed by atoms with Gasteiger partial charge in [0.1, 0.15) is 11.5 Å². The molecule has 0 radical (unpaired) electrons. The Labute approximate surface area is 148 Å². The van der Waals surface area contributed by atoms with E-state index in [9.17, 15) is 0 Å². The third-order valence-corrected chi connectivity index (χ3v) is 4.22. The Hall–Kier alpha value is -2.45. The number of thiocarbonyl (C=S) groups is 1. The Bertz CT molecular complexity index is 781. The van der Waals surface area contributed by atoms with Gasteiger partial charge in [-0.05, 0) is 47.0 Å². The van der Waals surface area contributed by atoms with Crippen molar-refractivity contribution in [1.29, 1.82) is 0 Å². The van der Waals surface area contributed by atoms with Gasteiger partial charge in [-0.2, -0.15) is 0 Å². The minimum Gasteiger partial charge on any atom is -0.457 e. The Kier molecular flexibility index (Phi) is 5.75. The largest absolute Gasteiger partial charge is 0.457 e. The smallest absolute Gasteiger partial charge is 0.130 e. The van der Waals surface area contributed by atoms with Gasteiger partial charge in [0.2, 0.25) is 0 Å². The molecule has 0 saturated heterocycles. The Morgan fingerprint density at radius 3 is 2.12 bits per heavy atom. The highest BCUT2D eigenvalue weighted by molar-refractivity contribution is 7.80. The van der Waals surface area contributed by atoms with Crippen molar-refractivity contribution in [1.82, 2.24) is 0 Å². The van der Waals surface area contributed by atoms with Crippen LogP contribution in [0.25, 0.3) is 0 Å². The molecule has 3 aromatic carbocycles. The van der Waals surface area contributed by atoms with Gasteiger partial charge in [-0.15, -0.1) is 0 Å². The molecule has 2 heteroatoms. The number of hydrogen-bond acceptors (Lipinski definition) is 2. The van der Waals surface area contributed by atoms with E-state index in [4.69, 9.17) is 17.0 Å². The fourth-order valence-electron chi connectivity index (χ4n) is 2.59. The molecule has 0 heterocycles. The zero-order valence-electron chi connectivity index (χ0n) is 13.5. The number of benzene rings is 3. The molecular weight excluding hydrogens is 312 g/mol. The summed E-state index contributed by atoms with van der Waals surface area (Å²) in [4.78, 5) is 1.06. The second-order valence-electron chi connectivity index (χ2n) is 5.72. The highest BCUT2D eigenvalue weighted by atomic mass is 32.1. The maximum Gasteiger partial charge on any atom is 0.130 e. The molecule has 0 bridgehead atoms. The summed E-state index contributed by atoms with van der Waals surface area (Å²) >= 11 is 5.60. The van der Waals surface area contributed by atoms with Crippen LogP contribution in [0.3, 0.4) is 0 Å². The van der Waals surface area contributed by atoms with Gasteiger partial charge < -0.3 is 4.74 Å². The molecule has 0 aliphatic carbocycles. The number of hydrogen-bond donors (Lipinski definition) is 0. The van der Waals surface area contributed by atoms with Gasteiger partial charge in [0.25, 0.3) is 0 Å². The molecule has 3 aromatic rings. The van der Waals surface area contributed by atoms with Crippen LogP contribution in [0.1, 0.15) is 17.5 Å². The highest BCUT2D eigenvalue weighted by Crippen LogP contribution is 2.26. The Morgan fingerprint density at radius 2 is 1.38 bits per heavy atom. The Morgan fingerprint density at radius 1 is 0.750 bits per heavy atom. The molecule has 0 spiro atoms. The molecule has 0 atom stereocenters. The first-order valence-corrected chi connectivity index (χ1v) is 8.58. The van der Waals surface area contributed by atoms with E-state index in [0.29, 0.717) is 0 Å². The third-order valence-electron chi connectivity index (χ3n) is 3.87. The van der Waals surface area contributed by atoms with Crippen molar-refractivity contribution in [3.63, 3.8) is 0 Å². The molecule has 0 aromatic heterocycles. The van der Waals surface area contributed by atoms with E-state index < -0.39 is 0 Å². The van der Waals surface area contributed by atoms with Gasteiger partial charge in [0.05, 0.1) is 0 Å². The average molecular weight is 332 g/mol. The van der Waals surface area contributed by atoms with E-state index in [1.807, 2.05) is 54.6 Å². The van der Waals surface area contributed by atoms with Crippen molar-refractivity contribution in [2.75, 3.05) is 0 Å². The molecule has 1 nitrogen and oxygen atoms in total. The van der Waals surface area contributed by atoms with Crippen LogP contribution in [0.4, 0.5) is 0 Å². The first-order chi connectivity index (χ1) is 11.8. The molecule has 0 N–H and O–H groups in total. The number of para-hydroxylation sites is 2. The van der Waals surface area contributed by atoms with Crippen LogP contribution < -0.4 is 4.74 Å². The number of aryl methyl sites for hydroxylation is 1. The molecule has 0 fully saturated rings. The van der Waals surface area contributed by atoms with Gasteiger partial charge in [0, 0.05) is 6.42 Å². The zero-order chi connectivity index (χ0) is 16.6. The highest BCUT2D eigenvalue weighted by Gasteiger charge is 2.07. The molecule has 120 valence electrons. The molecule has 0 aliphatic heterocycles. The second kappa shape index (κ2) is 8.42. The SMILES string of the molecule is S=C(CCc1ccccc1)Cc1ccccc1Oc1ccccc1. The molecule has 0 saturated carbocycles. The second-order valence-corrected chi connectivity index (χ2v) is 6.30. The van der Waals surface area contributed by atoms with Crippen LogP contribution in [0.2, 0.25) is 0 Å². The maximum atomic E-state index is 6.01. The standard InChI is InChI=1S/C22H20OS/c24-21(16-15-18-9-3-1-4-10-18)17-19-11-7-8-14-22(19)23-20-12-5-2-6-13-20/h1-14H,15-17H2. The number of rotatable bonds is 7. The molecule has 0 amide bonds. The summed E-state index contributed by atoms with van der Waals surface area (Å²) in [6.07, 6.45) is 2.67. The van der Waals surface area contributed by atoms with E-state index in [-0.39, 0.29) is 0 Å². The van der Waals surface area contributed by atoms with E-state index in [1.54, 1.807) is 0 Å². The van der Waals surface area contributed by atoms with Crippen molar-refractivity contribution in [3.8, 4) is 11.5 Å². The van der Waals surface area contributed by atoms with Gasteiger partial charge in [0.15, 0.2) is 0 Å². The molecule has 24 heavy (non-hydrogen) atoms. The number of ether oxygens (including phenoxy) is 1. The lowest BCUT2D eigenvalue weighted by molar-refractivity contribution is 0.478. The van der Waals surface area contributed by atoms with E-state index in [2.05, 4.69) is 30.3 Å². The van der Waals surface area contributed by atoms with Crippen LogP contribution in [0.5, 0.6) is 11.5 Å². The third kappa shape index (κ3) is 4.77. The normalized spacial score (nSPS) is 10.3. The van der Waals surface area contributed by atoms with Gasteiger partial charge in [-0.3, -0.25) is 0 Å². The quantitative estimate of drug-likeness (QED) is 0.489. The van der Waals surface area contributed by atoms with Crippen molar-refractivity contribution >= 4 is 17.1 Å². The topological polar surface area (TPSA) is 9.23 Å². The van der Waals surface area contributed by atoms with Crippen LogP contribution in [0.15, 0.2) is 84.9 Å². The summed E-state index contributed by atoms with van der Waals surface area (Å²) in [6, 6.07) is 28.5. The fourth-order valence-corrected chi connectivity index (χ4v) is 2.85. The molecular formula is C22H20OS. The summed E-state index contributed by atoms with van der Waals surface area (Å²) in [5.41, 5.74) is 2.47. The van der Waals surface area contributed by atoms with Crippen molar-refractivity contribution in [2.45, 2.75) is 19.3 Å². The lowest BCUT2D eigenvalue weighted by atomic mass is 10.0. The van der Waals surface area contributed by atoms with Crippen molar-refractivity contribution in [2.24, 2.45) is 0 Å². The van der Waals surface area contributed by atoms with Crippen LogP contribution in [-0.2, 0) is 12.8 Å². The molecule has 0 aliphatic rings. The summed E-state index contributed by atoms with van der Waals surface area (Å²) in [5.74, 6) is 1.73. The first-order valence-electron chi connectivity index (χ1n) is 8.18. The maximum absolute atomic E-state index is 6.01. The van der Waals surface area contributed by atoms with Crippen LogP contribution in [0, 0.1) is 0 Å². The lowest BCUT2D eigenvalue weighted by Gasteiger charge is -2.12. The van der Waals surface area contributed by atoms with E-state index in [1.165, 1.54) is 5.56 Å². The summed E-state index contributed by atoms with van der Waals surface area (Å²) in [6.45, 7) is 0. The summed E-state index contributed by atoms with van der Waals surface area (Å²) in [7, 11) is 0. The first kappa shape index (κ1) is 16.4. The molecule has 3 rings (SSSR count). The van der Waals surface area contributed by atoms with Crippen LogP contribution in [-0.4, -0.2) is 4.86 Å². The minimum absolute atomic E-state index is 0.769. The van der Waals surface area contributed by atoms with Crippen LogP contribution >= 0.6 is 12.2 Å². The van der Waals surface area contributed by atoms with Gasteiger partial charge in [-0.1, -0.05) is 78.9 Å². The predicted octanol–water partition coefficient (Wildman–Crippen LogP) is 6.02. The zero-order valence-corrected chi connectivity index (χ0v) is 14.3. The minimum atomic E-state index is 0.769. The van der Waals surface area contributed by atoms with Gasteiger partial charge >= 0.3 is 0 Å². The predicted molar refractivity (Wildman–Crippen MR) is 104 cm³/mol. The van der Waals surface area contributed by atoms with E-state index in [0.717, 1.165) is 41.2 Å². The lowest BCUT2D eigenvalue weighted by Crippen LogP contribution is -2.03. The molecule has 0 unspecified atom stereocenters. The average Bonchev–Trinajstić information content (AvgIpc) is 2.63. The Balaban J connectivity index is 1.63. The van der Waals surface area contributed by atoms with E-state index >= 15 is 0 Å². The summed E-state index contributed by atoms with van der Waals surface area (Å²) in [5, 5.41) is 0. The van der Waals surface area contributed by atoms with Crippen molar-refractivity contribution < 1.29 is 4.74 Å². The van der Waals surface area contributed by atoms with Gasteiger partial charge in [-0.25, -0.2) is 0 Å². The summed E-state index contributed by atoms with van der Waals surface area (Å²) < 4.78 is 6.01. The fraction of sp³-hybridized carbons (Fsp3) is 0.136. The monoisotopic (exact) mass is 332 g/mol. The van der Waals surface area contributed by atoms with Crippen molar-refractivity contribution in [3.05, 3.63) is 96.1 Å².